The number of amides is 1. The molecule has 8 nitrogen and oxygen atoms in total. The molecule has 0 fully saturated rings. The first-order chi connectivity index (χ1) is 13.8. The van der Waals surface area contributed by atoms with E-state index in [0.29, 0.717) is 24.7 Å². The van der Waals surface area contributed by atoms with E-state index in [0.717, 1.165) is 17.7 Å². The van der Waals surface area contributed by atoms with E-state index in [1.165, 1.54) is 0 Å². The van der Waals surface area contributed by atoms with Crippen molar-refractivity contribution in [1.82, 2.24) is 25.1 Å². The SMILES string of the molecule is C[C@H](c1ncccn1)N(Cc1ccc(C2=CCOCC2)nn1)C(=O)OC(C)(C)C. The summed E-state index contributed by atoms with van der Waals surface area (Å²) < 4.78 is 10.9. The molecule has 3 heterocycles. The first-order valence-corrected chi connectivity index (χ1v) is 9.70. The van der Waals surface area contributed by atoms with Crippen molar-refractivity contribution in [1.29, 1.82) is 0 Å². The summed E-state index contributed by atoms with van der Waals surface area (Å²) in [5.74, 6) is 0.537. The highest BCUT2D eigenvalue weighted by atomic mass is 16.6. The minimum atomic E-state index is -0.613. The zero-order chi connectivity index (χ0) is 20.9. The van der Waals surface area contributed by atoms with Gasteiger partial charge in [0.15, 0.2) is 5.82 Å². The number of ether oxygens (including phenoxy) is 2. The predicted molar refractivity (Wildman–Crippen MR) is 108 cm³/mol. The smallest absolute Gasteiger partial charge is 0.411 e. The number of carbonyl (C=O) groups is 1. The molecular weight excluding hydrogens is 370 g/mol. The fourth-order valence-electron chi connectivity index (χ4n) is 2.90. The van der Waals surface area contributed by atoms with Gasteiger partial charge in [0.05, 0.1) is 37.2 Å². The van der Waals surface area contributed by atoms with Crippen LogP contribution < -0.4 is 0 Å². The van der Waals surface area contributed by atoms with Gasteiger partial charge in [-0.25, -0.2) is 14.8 Å². The molecule has 3 rings (SSSR count). The third kappa shape index (κ3) is 5.80. The van der Waals surface area contributed by atoms with Gasteiger partial charge in [-0.2, -0.15) is 10.2 Å². The molecule has 1 amide bonds. The van der Waals surface area contributed by atoms with Crippen molar-refractivity contribution in [3.05, 3.63) is 53.9 Å². The van der Waals surface area contributed by atoms with Gasteiger partial charge < -0.3 is 9.47 Å². The van der Waals surface area contributed by atoms with Gasteiger partial charge in [0, 0.05) is 12.4 Å². The van der Waals surface area contributed by atoms with Gasteiger partial charge in [0.25, 0.3) is 0 Å². The van der Waals surface area contributed by atoms with Crippen LogP contribution in [0.5, 0.6) is 0 Å². The quantitative estimate of drug-likeness (QED) is 0.762. The molecule has 0 aliphatic carbocycles. The molecule has 154 valence electrons. The summed E-state index contributed by atoms with van der Waals surface area (Å²) in [6.45, 7) is 8.91. The summed E-state index contributed by atoms with van der Waals surface area (Å²) in [6.07, 6.45) is 5.70. The van der Waals surface area contributed by atoms with Gasteiger partial charge in [-0.3, -0.25) is 4.90 Å². The lowest BCUT2D eigenvalue weighted by atomic mass is 10.1. The number of hydrogen-bond donors (Lipinski definition) is 0. The van der Waals surface area contributed by atoms with Crippen molar-refractivity contribution in [2.24, 2.45) is 0 Å². The monoisotopic (exact) mass is 397 g/mol. The molecule has 29 heavy (non-hydrogen) atoms. The van der Waals surface area contributed by atoms with E-state index in [2.05, 4.69) is 20.2 Å². The van der Waals surface area contributed by atoms with Crippen molar-refractivity contribution in [2.75, 3.05) is 13.2 Å². The van der Waals surface area contributed by atoms with Crippen molar-refractivity contribution >= 4 is 11.7 Å². The van der Waals surface area contributed by atoms with Crippen LogP contribution in [-0.4, -0.2) is 50.0 Å². The van der Waals surface area contributed by atoms with Gasteiger partial charge in [-0.1, -0.05) is 6.08 Å². The second kappa shape index (κ2) is 9.09. The van der Waals surface area contributed by atoms with E-state index in [-0.39, 0.29) is 12.6 Å². The molecule has 0 bridgehead atoms. The highest BCUT2D eigenvalue weighted by Crippen LogP contribution is 2.23. The average Bonchev–Trinajstić information content (AvgIpc) is 2.72. The molecule has 0 spiro atoms. The molecule has 1 aliphatic rings. The van der Waals surface area contributed by atoms with Crippen LogP contribution in [0.4, 0.5) is 4.79 Å². The molecule has 0 radical (unpaired) electrons. The Hall–Kier alpha value is -2.87. The molecular formula is C21H27N5O3. The number of hydrogen-bond acceptors (Lipinski definition) is 7. The maximum absolute atomic E-state index is 12.9. The Morgan fingerprint density at radius 3 is 2.59 bits per heavy atom. The molecule has 0 saturated carbocycles. The van der Waals surface area contributed by atoms with Crippen LogP contribution in [-0.2, 0) is 16.0 Å². The van der Waals surface area contributed by atoms with Crippen LogP contribution in [0.25, 0.3) is 5.57 Å². The Morgan fingerprint density at radius 1 is 1.24 bits per heavy atom. The van der Waals surface area contributed by atoms with Gasteiger partial charge in [0.1, 0.15) is 5.60 Å². The van der Waals surface area contributed by atoms with Crippen molar-refractivity contribution in [3.63, 3.8) is 0 Å². The van der Waals surface area contributed by atoms with Crippen molar-refractivity contribution in [3.8, 4) is 0 Å². The second-order valence-corrected chi connectivity index (χ2v) is 7.86. The van der Waals surface area contributed by atoms with Gasteiger partial charge in [0.2, 0.25) is 0 Å². The predicted octanol–water partition coefficient (Wildman–Crippen LogP) is 3.57. The zero-order valence-electron chi connectivity index (χ0n) is 17.3. The summed E-state index contributed by atoms with van der Waals surface area (Å²) in [5.41, 5.74) is 2.01. The van der Waals surface area contributed by atoms with Crippen LogP contribution >= 0.6 is 0 Å². The van der Waals surface area contributed by atoms with Gasteiger partial charge in [-0.05, 0) is 57.9 Å². The zero-order valence-corrected chi connectivity index (χ0v) is 17.3. The van der Waals surface area contributed by atoms with E-state index in [1.807, 2.05) is 45.9 Å². The van der Waals surface area contributed by atoms with E-state index in [9.17, 15) is 4.79 Å². The molecule has 1 aliphatic heterocycles. The first kappa shape index (κ1) is 20.9. The Kier molecular flexibility index (Phi) is 6.53. The number of carbonyl (C=O) groups excluding carboxylic acids is 1. The molecule has 2 aromatic heterocycles. The van der Waals surface area contributed by atoms with Crippen molar-refractivity contribution < 1.29 is 14.3 Å². The summed E-state index contributed by atoms with van der Waals surface area (Å²) in [7, 11) is 0. The van der Waals surface area contributed by atoms with Crippen LogP contribution in [0.1, 0.15) is 57.4 Å². The minimum Gasteiger partial charge on any atom is -0.444 e. The lowest BCUT2D eigenvalue weighted by Gasteiger charge is -2.30. The number of rotatable bonds is 5. The highest BCUT2D eigenvalue weighted by Gasteiger charge is 2.29. The Morgan fingerprint density at radius 2 is 2.00 bits per heavy atom. The van der Waals surface area contributed by atoms with Crippen molar-refractivity contribution in [2.45, 2.75) is 52.3 Å². The molecule has 0 N–H and O–H groups in total. The molecule has 0 unspecified atom stereocenters. The summed E-state index contributed by atoms with van der Waals surface area (Å²) >= 11 is 0. The molecule has 0 aromatic carbocycles. The van der Waals surface area contributed by atoms with E-state index >= 15 is 0 Å². The average molecular weight is 397 g/mol. The lowest BCUT2D eigenvalue weighted by Crippen LogP contribution is -2.38. The molecule has 0 saturated heterocycles. The Bertz CT molecular complexity index is 847. The molecule has 8 heteroatoms. The topological polar surface area (TPSA) is 90.3 Å². The van der Waals surface area contributed by atoms with E-state index < -0.39 is 11.7 Å². The van der Waals surface area contributed by atoms with Crippen LogP contribution in [0.3, 0.4) is 0 Å². The van der Waals surface area contributed by atoms with E-state index in [1.54, 1.807) is 23.4 Å². The van der Waals surface area contributed by atoms with Crippen LogP contribution in [0.15, 0.2) is 36.7 Å². The molecule has 2 aromatic rings. The van der Waals surface area contributed by atoms with Crippen LogP contribution in [0, 0.1) is 0 Å². The summed E-state index contributed by atoms with van der Waals surface area (Å²) in [6, 6.07) is 5.17. The highest BCUT2D eigenvalue weighted by molar-refractivity contribution is 5.68. The maximum Gasteiger partial charge on any atom is 0.411 e. The normalized spacial score (nSPS) is 15.4. The van der Waals surface area contributed by atoms with Gasteiger partial charge in [-0.15, -0.1) is 0 Å². The fraction of sp³-hybridized carbons (Fsp3) is 0.476. The Labute approximate surface area is 171 Å². The summed E-state index contributed by atoms with van der Waals surface area (Å²) in [5, 5.41) is 8.66. The largest absolute Gasteiger partial charge is 0.444 e. The second-order valence-electron chi connectivity index (χ2n) is 7.86. The third-order valence-corrected chi connectivity index (χ3v) is 4.40. The van der Waals surface area contributed by atoms with Crippen LogP contribution in [0.2, 0.25) is 0 Å². The van der Waals surface area contributed by atoms with Gasteiger partial charge >= 0.3 is 6.09 Å². The Balaban J connectivity index is 1.80. The maximum atomic E-state index is 12.9. The fourth-order valence-corrected chi connectivity index (χ4v) is 2.90. The minimum absolute atomic E-state index is 0.240. The number of nitrogens with zero attached hydrogens (tertiary/aromatic N) is 5. The number of aromatic nitrogens is 4. The molecule has 1 atom stereocenters. The first-order valence-electron chi connectivity index (χ1n) is 9.70. The lowest BCUT2D eigenvalue weighted by molar-refractivity contribution is 0.0141. The standard InChI is InChI=1S/C21H27N5O3/c1-15(19-22-10-5-11-23-19)26(20(27)29-21(2,3)4)14-17-6-7-18(25-24-17)16-8-12-28-13-9-16/h5-8,10-11,15H,9,12-14H2,1-4H3/t15-/m1/s1. The summed E-state index contributed by atoms with van der Waals surface area (Å²) in [4.78, 5) is 23.0. The third-order valence-electron chi connectivity index (χ3n) is 4.40. The van der Waals surface area contributed by atoms with E-state index in [4.69, 9.17) is 9.47 Å².